The number of alkyl halides is 1. The van der Waals surface area contributed by atoms with Gasteiger partial charge in [0.15, 0.2) is 24.3 Å². The molecule has 0 radical (unpaired) electrons. The van der Waals surface area contributed by atoms with Crippen LogP contribution in [-0.4, -0.2) is 65.7 Å². The summed E-state index contributed by atoms with van der Waals surface area (Å²) in [6.45, 7) is 4.17. The van der Waals surface area contributed by atoms with Crippen molar-refractivity contribution in [3.8, 4) is 0 Å². The van der Waals surface area contributed by atoms with Crippen LogP contribution in [0.2, 0.25) is 0 Å². The molecule has 0 aromatic heterocycles. The summed E-state index contributed by atoms with van der Waals surface area (Å²) in [5, 5.41) is 26.2. The second kappa shape index (κ2) is 11.6. The van der Waals surface area contributed by atoms with Crippen LogP contribution < -0.4 is 15.6 Å². The molecule has 0 spiro atoms. The Kier molecular flexibility index (Phi) is 8.54. The first kappa shape index (κ1) is 24.4. The summed E-state index contributed by atoms with van der Waals surface area (Å²) >= 11 is 5.68. The number of carbonyl (C=O) groups excluding carboxylic acids is 2. The molecule has 2 aromatic carbocycles. The predicted octanol–water partition coefficient (Wildman–Crippen LogP) is 1.14. The number of hydrogen-bond acceptors (Lipinski definition) is 6. The fraction of sp³-hybridized carbons (Fsp3) is 0.240. The lowest BCUT2D eigenvalue weighted by molar-refractivity contribution is -0.462. The molecule has 1 aliphatic rings. The Morgan fingerprint density at radius 2 is 1.45 bits per heavy atom. The van der Waals surface area contributed by atoms with Crippen molar-refractivity contribution >= 4 is 40.8 Å². The third-order valence-electron chi connectivity index (χ3n) is 5.12. The summed E-state index contributed by atoms with van der Waals surface area (Å²) in [6, 6.07) is 10.1. The van der Waals surface area contributed by atoms with Crippen LogP contribution >= 0.6 is 11.6 Å². The quantitative estimate of drug-likeness (QED) is 0.164. The monoisotopic (exact) mass is 468 g/mol. The fourth-order valence-electron chi connectivity index (χ4n) is 3.51. The molecule has 1 aliphatic carbocycles. The van der Waals surface area contributed by atoms with E-state index in [0.717, 1.165) is 0 Å². The Bertz CT molecular complexity index is 1100. The second-order valence-corrected chi connectivity index (χ2v) is 7.84. The van der Waals surface area contributed by atoms with Gasteiger partial charge in [0, 0.05) is 41.7 Å². The lowest BCUT2D eigenvalue weighted by Gasteiger charge is -2.24. The predicted molar refractivity (Wildman–Crippen MR) is 131 cm³/mol. The molecule has 0 bridgehead atoms. The topological polar surface area (TPSA) is 113 Å². The average Bonchev–Trinajstić information content (AvgIpc) is 2.84. The first-order chi connectivity index (χ1) is 16.0. The molecule has 7 nitrogen and oxygen atoms in total. The zero-order valence-corrected chi connectivity index (χ0v) is 18.8. The zero-order chi connectivity index (χ0) is 23.8. The number of fused-ring (bicyclic) bond motifs is 2. The Balaban J connectivity index is 1.89. The first-order valence-electron chi connectivity index (χ1n) is 10.6. The van der Waals surface area contributed by atoms with E-state index in [4.69, 9.17) is 11.6 Å². The van der Waals surface area contributed by atoms with Gasteiger partial charge in [-0.15, -0.1) is 11.6 Å². The molecule has 0 saturated heterocycles. The van der Waals surface area contributed by atoms with Crippen molar-refractivity contribution in [3.63, 3.8) is 0 Å². The SMILES string of the molecule is C=C/C=C\C=[NH+]CC(O)CNc1ccc(NCC(O)CCl)c2c1C(=O)c1ccccc1C2=O. The average molecular weight is 469 g/mol. The lowest BCUT2D eigenvalue weighted by Crippen LogP contribution is -2.72. The maximum absolute atomic E-state index is 13.4. The van der Waals surface area contributed by atoms with Crippen LogP contribution in [0.3, 0.4) is 0 Å². The van der Waals surface area contributed by atoms with Crippen molar-refractivity contribution in [3.05, 3.63) is 83.5 Å². The molecular formula is C25H27ClN3O4+. The van der Waals surface area contributed by atoms with Crippen LogP contribution in [0.15, 0.2) is 61.2 Å². The molecule has 0 heterocycles. The van der Waals surface area contributed by atoms with E-state index < -0.39 is 12.2 Å². The van der Waals surface area contributed by atoms with Crippen LogP contribution in [0, 0.1) is 0 Å². The molecule has 8 heteroatoms. The summed E-state index contributed by atoms with van der Waals surface area (Å²) in [4.78, 5) is 29.6. The molecule has 2 unspecified atom stereocenters. The van der Waals surface area contributed by atoms with Crippen LogP contribution in [0.25, 0.3) is 0 Å². The number of nitrogens with one attached hydrogen (secondary N) is 3. The van der Waals surface area contributed by atoms with Gasteiger partial charge in [-0.05, 0) is 12.1 Å². The van der Waals surface area contributed by atoms with E-state index in [0.29, 0.717) is 29.0 Å². The van der Waals surface area contributed by atoms with E-state index in [1.54, 1.807) is 60.8 Å². The Labute approximate surface area is 197 Å². The number of ketones is 2. The number of aliphatic hydroxyl groups excluding tert-OH is 2. The highest BCUT2D eigenvalue weighted by Gasteiger charge is 2.34. The standard InChI is InChI=1S/C25H26ClN3O4/c1-2-3-6-11-27-13-17(31)15-29-21-10-9-20(28-14-16(30)12-26)22-23(21)25(33)19-8-5-4-7-18(19)24(22)32/h2-11,16-17,28-31H,1,12-15H2/p+1/b6-3-,27-11?. The smallest absolute Gasteiger partial charge is 0.196 e. The largest absolute Gasteiger partial charge is 0.390 e. The highest BCUT2D eigenvalue weighted by atomic mass is 35.5. The molecule has 0 amide bonds. The van der Waals surface area contributed by atoms with Gasteiger partial charge in [-0.25, -0.2) is 4.99 Å². The summed E-state index contributed by atoms with van der Waals surface area (Å²) in [6.07, 6.45) is 5.31. The van der Waals surface area contributed by atoms with Crippen molar-refractivity contribution in [2.75, 3.05) is 36.1 Å². The number of halogens is 1. The molecule has 5 N–H and O–H groups in total. The van der Waals surface area contributed by atoms with Crippen molar-refractivity contribution in [2.45, 2.75) is 12.2 Å². The Morgan fingerprint density at radius 3 is 1.97 bits per heavy atom. The van der Waals surface area contributed by atoms with Gasteiger partial charge >= 0.3 is 0 Å². The summed E-state index contributed by atoms with van der Waals surface area (Å²) in [7, 11) is 0. The molecule has 0 fully saturated rings. The van der Waals surface area contributed by atoms with E-state index in [9.17, 15) is 19.8 Å². The Hall–Kier alpha value is -3.26. The zero-order valence-electron chi connectivity index (χ0n) is 18.1. The number of carbonyl (C=O) groups is 2. The third kappa shape index (κ3) is 5.76. The summed E-state index contributed by atoms with van der Waals surface area (Å²) in [5.41, 5.74) is 2.04. The van der Waals surface area contributed by atoms with Crippen LogP contribution in [-0.2, 0) is 0 Å². The second-order valence-electron chi connectivity index (χ2n) is 7.53. The highest BCUT2D eigenvalue weighted by molar-refractivity contribution is 6.31. The van der Waals surface area contributed by atoms with E-state index in [2.05, 4.69) is 22.2 Å². The first-order valence-corrected chi connectivity index (χ1v) is 11.1. The minimum atomic E-state index is -0.803. The number of allylic oxidation sites excluding steroid dienone is 3. The maximum atomic E-state index is 13.4. The van der Waals surface area contributed by atoms with Crippen molar-refractivity contribution in [2.24, 2.45) is 0 Å². The van der Waals surface area contributed by atoms with E-state index in [1.165, 1.54) is 0 Å². The van der Waals surface area contributed by atoms with Gasteiger partial charge in [0.25, 0.3) is 0 Å². The molecule has 0 aliphatic heterocycles. The normalized spacial score (nSPS) is 14.8. The highest BCUT2D eigenvalue weighted by Crippen LogP contribution is 2.36. The molecule has 2 aromatic rings. The number of rotatable bonds is 11. The van der Waals surface area contributed by atoms with Gasteiger partial charge < -0.3 is 20.8 Å². The van der Waals surface area contributed by atoms with Gasteiger partial charge in [-0.3, -0.25) is 9.59 Å². The Morgan fingerprint density at radius 1 is 0.909 bits per heavy atom. The maximum Gasteiger partial charge on any atom is 0.196 e. The number of hydrogen-bond donors (Lipinski definition) is 5. The van der Waals surface area contributed by atoms with Crippen molar-refractivity contribution < 1.29 is 24.8 Å². The molecule has 2 atom stereocenters. The van der Waals surface area contributed by atoms with Crippen molar-refractivity contribution in [1.82, 2.24) is 0 Å². The minimum Gasteiger partial charge on any atom is -0.390 e. The van der Waals surface area contributed by atoms with E-state index >= 15 is 0 Å². The molecule has 33 heavy (non-hydrogen) atoms. The molecule has 0 saturated carbocycles. The van der Waals surface area contributed by atoms with Gasteiger partial charge in [-0.2, -0.15) is 0 Å². The number of benzene rings is 2. The summed E-state index contributed by atoms with van der Waals surface area (Å²) < 4.78 is 0. The van der Waals surface area contributed by atoms with Gasteiger partial charge in [0.1, 0.15) is 6.10 Å². The van der Waals surface area contributed by atoms with Crippen LogP contribution in [0.4, 0.5) is 11.4 Å². The molecule has 3 rings (SSSR count). The van der Waals surface area contributed by atoms with Gasteiger partial charge in [-0.1, -0.05) is 43.0 Å². The van der Waals surface area contributed by atoms with Crippen LogP contribution in [0.1, 0.15) is 31.8 Å². The lowest BCUT2D eigenvalue weighted by atomic mass is 9.82. The molecular weight excluding hydrogens is 442 g/mol. The minimum absolute atomic E-state index is 0.0390. The van der Waals surface area contributed by atoms with Crippen LogP contribution in [0.5, 0.6) is 0 Å². The summed E-state index contributed by atoms with van der Waals surface area (Å²) in [5.74, 6) is -0.519. The number of anilines is 2. The molecule has 172 valence electrons. The third-order valence-corrected chi connectivity index (χ3v) is 5.48. The fourth-order valence-corrected chi connectivity index (χ4v) is 3.62. The van der Waals surface area contributed by atoms with E-state index in [-0.39, 0.29) is 41.7 Å². The van der Waals surface area contributed by atoms with Crippen molar-refractivity contribution in [1.29, 1.82) is 0 Å². The van der Waals surface area contributed by atoms with E-state index in [1.807, 2.05) is 0 Å². The van der Waals surface area contributed by atoms with Gasteiger partial charge in [0.05, 0.1) is 23.1 Å². The van der Waals surface area contributed by atoms with Gasteiger partial charge in [0.2, 0.25) is 0 Å². The number of aliphatic hydroxyl groups is 2.